The molecule has 110 valence electrons. The topological polar surface area (TPSA) is 90.6 Å². The lowest BCUT2D eigenvalue weighted by molar-refractivity contribution is -0.120. The highest BCUT2D eigenvalue weighted by Crippen LogP contribution is 2.33. The SMILES string of the molecule is COC(=O)c1c(NC(=O)C2COCC2N)sc(C)c1C. The Labute approximate surface area is 121 Å². The van der Waals surface area contributed by atoms with Gasteiger partial charge in [0.2, 0.25) is 5.91 Å². The van der Waals surface area contributed by atoms with E-state index in [4.69, 9.17) is 15.2 Å². The summed E-state index contributed by atoms with van der Waals surface area (Å²) in [6.45, 7) is 4.42. The van der Waals surface area contributed by atoms with Gasteiger partial charge in [-0.05, 0) is 19.4 Å². The highest BCUT2D eigenvalue weighted by Gasteiger charge is 2.32. The molecule has 1 aromatic heterocycles. The van der Waals surface area contributed by atoms with Gasteiger partial charge in [-0.15, -0.1) is 11.3 Å². The zero-order valence-electron chi connectivity index (χ0n) is 11.7. The number of aryl methyl sites for hydroxylation is 1. The first-order valence-electron chi connectivity index (χ1n) is 6.28. The molecule has 0 aliphatic carbocycles. The monoisotopic (exact) mass is 298 g/mol. The minimum absolute atomic E-state index is 0.221. The number of thiophene rings is 1. The number of anilines is 1. The summed E-state index contributed by atoms with van der Waals surface area (Å²) in [6, 6.07) is -0.307. The van der Waals surface area contributed by atoms with Gasteiger partial charge in [-0.3, -0.25) is 4.79 Å². The molecule has 2 rings (SSSR count). The molecule has 0 saturated carbocycles. The third-order valence-corrected chi connectivity index (χ3v) is 4.60. The van der Waals surface area contributed by atoms with Crippen molar-refractivity contribution >= 4 is 28.2 Å². The molecule has 0 bridgehead atoms. The van der Waals surface area contributed by atoms with Crippen molar-refractivity contribution in [3.63, 3.8) is 0 Å². The highest BCUT2D eigenvalue weighted by molar-refractivity contribution is 7.16. The predicted molar refractivity (Wildman–Crippen MR) is 76.0 cm³/mol. The number of hydrogen-bond donors (Lipinski definition) is 2. The molecule has 0 spiro atoms. The summed E-state index contributed by atoms with van der Waals surface area (Å²) < 4.78 is 9.95. The van der Waals surface area contributed by atoms with E-state index in [9.17, 15) is 9.59 Å². The maximum atomic E-state index is 12.2. The van der Waals surface area contributed by atoms with Crippen LogP contribution in [0.4, 0.5) is 5.00 Å². The first kappa shape index (κ1) is 15.0. The number of ether oxygens (including phenoxy) is 2. The molecule has 20 heavy (non-hydrogen) atoms. The fraction of sp³-hybridized carbons (Fsp3) is 0.538. The van der Waals surface area contributed by atoms with Gasteiger partial charge in [0.15, 0.2) is 0 Å². The quantitative estimate of drug-likeness (QED) is 0.814. The van der Waals surface area contributed by atoms with Crippen LogP contribution in [-0.2, 0) is 14.3 Å². The van der Waals surface area contributed by atoms with Crippen LogP contribution in [0, 0.1) is 19.8 Å². The van der Waals surface area contributed by atoms with Crippen molar-refractivity contribution < 1.29 is 19.1 Å². The van der Waals surface area contributed by atoms with Crippen LogP contribution in [-0.4, -0.2) is 38.2 Å². The minimum atomic E-state index is -0.450. The molecule has 1 aliphatic heterocycles. The molecular formula is C13H18N2O4S. The second-order valence-corrected chi connectivity index (χ2v) is 6.00. The van der Waals surface area contributed by atoms with Gasteiger partial charge in [-0.1, -0.05) is 0 Å². The van der Waals surface area contributed by atoms with Gasteiger partial charge in [0, 0.05) is 10.9 Å². The van der Waals surface area contributed by atoms with E-state index < -0.39 is 5.97 Å². The summed E-state index contributed by atoms with van der Waals surface area (Å²) in [7, 11) is 1.32. The molecular weight excluding hydrogens is 280 g/mol. The second-order valence-electron chi connectivity index (χ2n) is 4.78. The highest BCUT2D eigenvalue weighted by atomic mass is 32.1. The van der Waals surface area contributed by atoms with E-state index in [1.54, 1.807) is 0 Å². The largest absolute Gasteiger partial charge is 0.465 e. The Morgan fingerprint density at radius 1 is 1.40 bits per heavy atom. The molecule has 2 heterocycles. The number of nitrogens with two attached hydrogens (primary N) is 1. The molecule has 1 fully saturated rings. The summed E-state index contributed by atoms with van der Waals surface area (Å²) in [5, 5.41) is 3.29. The Morgan fingerprint density at radius 3 is 2.65 bits per heavy atom. The van der Waals surface area contributed by atoms with Crippen molar-refractivity contribution in [3.8, 4) is 0 Å². The van der Waals surface area contributed by atoms with E-state index in [-0.39, 0.29) is 17.9 Å². The minimum Gasteiger partial charge on any atom is -0.465 e. The van der Waals surface area contributed by atoms with E-state index >= 15 is 0 Å². The Hall–Kier alpha value is -1.44. The predicted octanol–water partition coefficient (Wildman–Crippen LogP) is 1.06. The molecule has 1 amide bonds. The van der Waals surface area contributed by atoms with Gasteiger partial charge in [-0.25, -0.2) is 4.79 Å². The van der Waals surface area contributed by atoms with Crippen molar-refractivity contribution in [2.24, 2.45) is 11.7 Å². The van der Waals surface area contributed by atoms with E-state index in [2.05, 4.69) is 5.32 Å². The Kier molecular flexibility index (Phi) is 4.42. The van der Waals surface area contributed by atoms with E-state index in [0.717, 1.165) is 10.4 Å². The van der Waals surface area contributed by atoms with E-state index in [1.807, 2.05) is 13.8 Å². The summed E-state index contributed by atoms with van der Waals surface area (Å²) in [5.41, 5.74) is 7.05. The standard InChI is InChI=1S/C13H18N2O4S/c1-6-7(2)20-12(10(6)13(17)18-3)15-11(16)8-4-19-5-9(8)14/h8-9H,4-5,14H2,1-3H3,(H,15,16). The zero-order valence-corrected chi connectivity index (χ0v) is 12.5. The van der Waals surface area contributed by atoms with E-state index in [1.165, 1.54) is 18.4 Å². The fourth-order valence-corrected chi connectivity index (χ4v) is 3.16. The normalized spacial score (nSPS) is 21.8. The maximum absolute atomic E-state index is 12.2. The Bertz CT molecular complexity index is 541. The molecule has 7 heteroatoms. The van der Waals surface area contributed by atoms with Crippen LogP contribution in [0.15, 0.2) is 0 Å². The maximum Gasteiger partial charge on any atom is 0.341 e. The summed E-state index contributed by atoms with van der Waals surface area (Å²) in [4.78, 5) is 25.0. The van der Waals surface area contributed by atoms with Gasteiger partial charge in [0.1, 0.15) is 5.00 Å². The van der Waals surface area contributed by atoms with Crippen LogP contribution < -0.4 is 11.1 Å². The molecule has 6 nitrogen and oxygen atoms in total. The third kappa shape index (κ3) is 2.70. The van der Waals surface area contributed by atoms with Crippen molar-refractivity contribution in [2.75, 3.05) is 25.6 Å². The first-order valence-corrected chi connectivity index (χ1v) is 7.09. The molecule has 0 aromatic carbocycles. The fourth-order valence-electron chi connectivity index (χ4n) is 2.11. The average Bonchev–Trinajstić information content (AvgIpc) is 2.94. The van der Waals surface area contributed by atoms with Crippen LogP contribution in [0.1, 0.15) is 20.8 Å². The van der Waals surface area contributed by atoms with Gasteiger partial charge in [0.05, 0.1) is 31.8 Å². The number of carbonyl (C=O) groups is 2. The van der Waals surface area contributed by atoms with Crippen molar-refractivity contribution in [2.45, 2.75) is 19.9 Å². The lowest BCUT2D eigenvalue weighted by atomic mass is 10.0. The van der Waals surface area contributed by atoms with Crippen molar-refractivity contribution in [1.82, 2.24) is 0 Å². The molecule has 1 aliphatic rings. The summed E-state index contributed by atoms with van der Waals surface area (Å²) in [6.07, 6.45) is 0. The average molecular weight is 298 g/mol. The Balaban J connectivity index is 2.23. The smallest absolute Gasteiger partial charge is 0.341 e. The molecule has 0 radical (unpaired) electrons. The number of esters is 1. The Morgan fingerprint density at radius 2 is 2.10 bits per heavy atom. The first-order chi connectivity index (χ1) is 9.45. The second kappa shape index (κ2) is 5.90. The van der Waals surface area contributed by atoms with Crippen LogP contribution >= 0.6 is 11.3 Å². The number of methoxy groups -OCH3 is 1. The van der Waals surface area contributed by atoms with Crippen molar-refractivity contribution in [1.29, 1.82) is 0 Å². The molecule has 3 N–H and O–H groups in total. The number of hydrogen-bond acceptors (Lipinski definition) is 6. The molecule has 1 aromatic rings. The van der Waals surface area contributed by atoms with Gasteiger partial charge < -0.3 is 20.5 Å². The van der Waals surface area contributed by atoms with Gasteiger partial charge in [0.25, 0.3) is 0 Å². The molecule has 1 saturated heterocycles. The van der Waals surface area contributed by atoms with E-state index in [0.29, 0.717) is 23.8 Å². The number of carbonyl (C=O) groups excluding carboxylic acids is 2. The van der Waals surface area contributed by atoms with Crippen LogP contribution in [0.25, 0.3) is 0 Å². The van der Waals surface area contributed by atoms with Crippen LogP contribution in [0.2, 0.25) is 0 Å². The summed E-state index contributed by atoms with van der Waals surface area (Å²) >= 11 is 1.36. The van der Waals surface area contributed by atoms with Gasteiger partial charge in [-0.2, -0.15) is 0 Å². The lowest BCUT2D eigenvalue weighted by Crippen LogP contribution is -2.37. The molecule has 2 atom stereocenters. The summed E-state index contributed by atoms with van der Waals surface area (Å²) in [5.74, 6) is -1.06. The number of rotatable bonds is 3. The molecule has 2 unspecified atom stereocenters. The van der Waals surface area contributed by atoms with Crippen LogP contribution in [0.5, 0.6) is 0 Å². The zero-order chi connectivity index (χ0) is 14.9. The number of nitrogens with one attached hydrogen (secondary N) is 1. The number of amides is 1. The lowest BCUT2D eigenvalue weighted by Gasteiger charge is -2.13. The van der Waals surface area contributed by atoms with Gasteiger partial charge >= 0.3 is 5.97 Å². The van der Waals surface area contributed by atoms with Crippen LogP contribution in [0.3, 0.4) is 0 Å². The van der Waals surface area contributed by atoms with Crippen molar-refractivity contribution in [3.05, 3.63) is 16.0 Å². The third-order valence-electron chi connectivity index (χ3n) is 3.47.